The van der Waals surface area contributed by atoms with Crippen molar-refractivity contribution in [3.05, 3.63) is 77.1 Å². The highest BCUT2D eigenvalue weighted by molar-refractivity contribution is 6.09. The average Bonchev–Trinajstić information content (AvgIpc) is 3.20. The summed E-state index contributed by atoms with van der Waals surface area (Å²) in [6.45, 7) is 1.69. The van der Waals surface area contributed by atoms with Crippen LogP contribution in [0.3, 0.4) is 0 Å². The molecule has 30 heavy (non-hydrogen) atoms. The molecule has 3 rings (SSSR count). The number of carbonyl (C=O) groups is 2. The molecule has 1 aromatic heterocycles. The van der Waals surface area contributed by atoms with Gasteiger partial charge in [-0.2, -0.15) is 5.26 Å². The van der Waals surface area contributed by atoms with Gasteiger partial charge in [-0.25, -0.2) is 4.79 Å². The fraction of sp³-hybridized carbons (Fsp3) is 0.0870. The minimum atomic E-state index is -1.03. The Morgan fingerprint density at radius 3 is 2.50 bits per heavy atom. The van der Waals surface area contributed by atoms with Crippen LogP contribution in [0.2, 0.25) is 0 Å². The van der Waals surface area contributed by atoms with Crippen molar-refractivity contribution in [3.8, 4) is 23.1 Å². The molecular weight excluding hydrogens is 384 g/mol. The molecule has 3 aromatic rings. The van der Waals surface area contributed by atoms with Gasteiger partial charge in [-0.15, -0.1) is 0 Å². The minimum absolute atomic E-state index is 0.136. The first-order chi connectivity index (χ1) is 14.4. The summed E-state index contributed by atoms with van der Waals surface area (Å²) in [5, 5.41) is 21.3. The zero-order chi connectivity index (χ0) is 21.7. The normalized spacial score (nSPS) is 10.9. The predicted octanol–water partition coefficient (Wildman–Crippen LogP) is 4.51. The number of benzene rings is 2. The third-order valence-corrected chi connectivity index (χ3v) is 4.46. The maximum absolute atomic E-state index is 12.4. The molecule has 1 heterocycles. The van der Waals surface area contributed by atoms with Crippen LogP contribution in [0, 0.1) is 18.3 Å². The van der Waals surface area contributed by atoms with Gasteiger partial charge < -0.3 is 19.6 Å². The first-order valence-electron chi connectivity index (χ1n) is 8.93. The summed E-state index contributed by atoms with van der Waals surface area (Å²) in [6, 6.07) is 16.7. The number of ether oxygens (including phenoxy) is 1. The number of carbonyl (C=O) groups excluding carboxylic acids is 1. The number of hydrogen-bond acceptors (Lipinski definition) is 5. The fourth-order valence-electron chi connectivity index (χ4n) is 2.87. The molecule has 1 amide bonds. The molecule has 0 fully saturated rings. The molecular formula is C23H18N2O5. The van der Waals surface area contributed by atoms with Gasteiger partial charge in [0, 0.05) is 17.3 Å². The first kappa shape index (κ1) is 20.4. The first-order valence-corrected chi connectivity index (χ1v) is 8.93. The second kappa shape index (κ2) is 8.80. The Balaban J connectivity index is 1.83. The van der Waals surface area contributed by atoms with E-state index in [9.17, 15) is 20.0 Å². The smallest absolute Gasteiger partial charge is 0.335 e. The summed E-state index contributed by atoms with van der Waals surface area (Å²) in [7, 11) is 1.54. The molecule has 7 nitrogen and oxygen atoms in total. The lowest BCUT2D eigenvalue weighted by Gasteiger charge is -2.06. The van der Waals surface area contributed by atoms with Crippen molar-refractivity contribution in [2.75, 3.05) is 12.4 Å². The molecule has 0 atom stereocenters. The van der Waals surface area contributed by atoms with E-state index in [0.29, 0.717) is 34.1 Å². The van der Waals surface area contributed by atoms with Crippen LogP contribution in [0.15, 0.2) is 64.6 Å². The SMILES string of the molecule is COc1ccc(NC(=O)C(C#N)=Cc2ccc(-c3cccc(C(=O)O)c3C)o2)cc1. The van der Waals surface area contributed by atoms with Crippen molar-refractivity contribution in [1.82, 2.24) is 0 Å². The van der Waals surface area contributed by atoms with Crippen LogP contribution in [0.5, 0.6) is 5.75 Å². The molecule has 0 bridgehead atoms. The zero-order valence-electron chi connectivity index (χ0n) is 16.3. The Morgan fingerprint density at radius 1 is 1.13 bits per heavy atom. The molecule has 2 aromatic carbocycles. The molecule has 0 aliphatic carbocycles. The maximum atomic E-state index is 12.4. The van der Waals surface area contributed by atoms with Gasteiger partial charge in [-0.1, -0.05) is 12.1 Å². The van der Waals surface area contributed by atoms with Crippen LogP contribution in [-0.4, -0.2) is 24.1 Å². The Labute approximate surface area is 172 Å². The molecule has 0 spiro atoms. The summed E-state index contributed by atoms with van der Waals surface area (Å²) < 4.78 is 10.8. The second-order valence-electron chi connectivity index (χ2n) is 6.34. The number of amides is 1. The number of furan rings is 1. The van der Waals surface area contributed by atoms with Crippen molar-refractivity contribution in [1.29, 1.82) is 5.26 Å². The van der Waals surface area contributed by atoms with E-state index in [-0.39, 0.29) is 11.1 Å². The van der Waals surface area contributed by atoms with Crippen molar-refractivity contribution in [2.45, 2.75) is 6.92 Å². The molecule has 0 aliphatic heterocycles. The van der Waals surface area contributed by atoms with E-state index in [0.717, 1.165) is 0 Å². The predicted molar refractivity (Wildman–Crippen MR) is 111 cm³/mol. The minimum Gasteiger partial charge on any atom is -0.497 e. The molecule has 2 N–H and O–H groups in total. The second-order valence-corrected chi connectivity index (χ2v) is 6.34. The van der Waals surface area contributed by atoms with E-state index in [1.165, 1.54) is 12.1 Å². The highest BCUT2D eigenvalue weighted by atomic mass is 16.5. The lowest BCUT2D eigenvalue weighted by molar-refractivity contribution is -0.112. The zero-order valence-corrected chi connectivity index (χ0v) is 16.3. The Bertz CT molecular complexity index is 1170. The Kier molecular flexibility index (Phi) is 5.99. The van der Waals surface area contributed by atoms with Crippen molar-refractivity contribution < 1.29 is 23.8 Å². The van der Waals surface area contributed by atoms with E-state index in [1.807, 2.05) is 6.07 Å². The van der Waals surface area contributed by atoms with Gasteiger partial charge in [0.2, 0.25) is 0 Å². The quantitative estimate of drug-likeness (QED) is 0.463. The van der Waals surface area contributed by atoms with E-state index < -0.39 is 11.9 Å². The molecule has 0 aliphatic rings. The molecule has 7 heteroatoms. The van der Waals surface area contributed by atoms with Gasteiger partial charge in [-0.3, -0.25) is 4.79 Å². The van der Waals surface area contributed by atoms with Gasteiger partial charge >= 0.3 is 5.97 Å². The van der Waals surface area contributed by atoms with Crippen LogP contribution in [0.25, 0.3) is 17.4 Å². The summed E-state index contributed by atoms with van der Waals surface area (Å²) in [4.78, 5) is 23.7. The van der Waals surface area contributed by atoms with Gasteiger partial charge in [0.15, 0.2) is 0 Å². The largest absolute Gasteiger partial charge is 0.497 e. The average molecular weight is 402 g/mol. The van der Waals surface area contributed by atoms with E-state index in [2.05, 4.69) is 5.32 Å². The van der Waals surface area contributed by atoms with Crippen molar-refractivity contribution in [3.63, 3.8) is 0 Å². The number of nitriles is 1. The third kappa shape index (κ3) is 4.39. The molecule has 150 valence electrons. The number of nitrogens with zero attached hydrogens (tertiary/aromatic N) is 1. The van der Waals surface area contributed by atoms with Crippen molar-refractivity contribution >= 4 is 23.6 Å². The van der Waals surface area contributed by atoms with Gasteiger partial charge in [0.25, 0.3) is 5.91 Å². The topological polar surface area (TPSA) is 113 Å². The fourth-order valence-corrected chi connectivity index (χ4v) is 2.87. The number of anilines is 1. The number of carboxylic acid groups (broad SMARTS) is 1. The summed E-state index contributed by atoms with van der Waals surface area (Å²) in [5.41, 5.74) is 1.74. The summed E-state index contributed by atoms with van der Waals surface area (Å²) in [6.07, 6.45) is 1.33. The highest BCUT2D eigenvalue weighted by Gasteiger charge is 2.15. The van der Waals surface area contributed by atoms with Crippen LogP contribution >= 0.6 is 0 Å². The lowest BCUT2D eigenvalue weighted by Crippen LogP contribution is -2.13. The van der Waals surface area contributed by atoms with Gasteiger partial charge in [0.1, 0.15) is 28.9 Å². The molecule has 0 saturated heterocycles. The molecule has 0 radical (unpaired) electrons. The van der Waals surface area contributed by atoms with Crippen LogP contribution in [0.1, 0.15) is 21.7 Å². The summed E-state index contributed by atoms with van der Waals surface area (Å²) in [5.74, 6) is -0.219. The van der Waals surface area contributed by atoms with Gasteiger partial charge in [-0.05, 0) is 55.0 Å². The summed E-state index contributed by atoms with van der Waals surface area (Å²) >= 11 is 0. The number of methoxy groups -OCH3 is 1. The van der Waals surface area contributed by atoms with Crippen molar-refractivity contribution in [2.24, 2.45) is 0 Å². The lowest BCUT2D eigenvalue weighted by atomic mass is 10.0. The number of hydrogen-bond donors (Lipinski definition) is 2. The Hall–Kier alpha value is -4.31. The number of aromatic carboxylic acids is 1. The van der Waals surface area contributed by atoms with E-state index in [4.69, 9.17) is 9.15 Å². The number of nitrogens with one attached hydrogen (secondary N) is 1. The number of carboxylic acids is 1. The monoisotopic (exact) mass is 402 g/mol. The molecule has 0 saturated carbocycles. The Morgan fingerprint density at radius 2 is 1.87 bits per heavy atom. The molecule has 0 unspecified atom stereocenters. The van der Waals surface area contributed by atoms with E-state index in [1.54, 1.807) is 62.6 Å². The van der Waals surface area contributed by atoms with Gasteiger partial charge in [0.05, 0.1) is 12.7 Å². The standard InChI is InChI=1S/C23H18N2O5/c1-14-19(4-3-5-20(14)23(27)28)21-11-10-18(30-21)12-15(13-24)22(26)25-16-6-8-17(29-2)9-7-16/h3-12H,1-2H3,(H,25,26)(H,27,28). The third-order valence-electron chi connectivity index (χ3n) is 4.46. The highest BCUT2D eigenvalue weighted by Crippen LogP contribution is 2.28. The van der Waals surface area contributed by atoms with Crippen LogP contribution < -0.4 is 10.1 Å². The number of rotatable bonds is 6. The maximum Gasteiger partial charge on any atom is 0.335 e. The van der Waals surface area contributed by atoms with Crippen LogP contribution in [-0.2, 0) is 4.79 Å². The van der Waals surface area contributed by atoms with Crippen LogP contribution in [0.4, 0.5) is 5.69 Å². The van der Waals surface area contributed by atoms with E-state index >= 15 is 0 Å².